The van der Waals surface area contributed by atoms with Gasteiger partial charge in [0.05, 0.1) is 23.9 Å². The van der Waals surface area contributed by atoms with Gasteiger partial charge in [-0.25, -0.2) is 0 Å². The third kappa shape index (κ3) is 4.80. The maximum atomic E-state index is 13.5. The monoisotopic (exact) mass is 441 g/mol. The summed E-state index contributed by atoms with van der Waals surface area (Å²) >= 11 is 0. The van der Waals surface area contributed by atoms with Gasteiger partial charge in [0.1, 0.15) is 11.4 Å². The van der Waals surface area contributed by atoms with E-state index in [4.69, 9.17) is 4.74 Å². The van der Waals surface area contributed by atoms with Gasteiger partial charge < -0.3 is 10.1 Å². The highest BCUT2D eigenvalue weighted by molar-refractivity contribution is 6.36. The van der Waals surface area contributed by atoms with E-state index < -0.39 is 0 Å². The molecule has 0 saturated heterocycles. The van der Waals surface area contributed by atoms with Gasteiger partial charge in [-0.2, -0.15) is 0 Å². The van der Waals surface area contributed by atoms with Gasteiger partial charge in [0.2, 0.25) is 0 Å². The highest BCUT2D eigenvalue weighted by Gasteiger charge is 2.39. The van der Waals surface area contributed by atoms with Crippen LogP contribution >= 0.6 is 0 Å². The third-order valence-electron chi connectivity index (χ3n) is 5.36. The van der Waals surface area contributed by atoms with Crippen molar-refractivity contribution in [2.24, 2.45) is 0 Å². The zero-order chi connectivity index (χ0) is 23.5. The van der Waals surface area contributed by atoms with Crippen molar-refractivity contribution in [1.29, 1.82) is 0 Å². The van der Waals surface area contributed by atoms with E-state index in [1.807, 2.05) is 76.2 Å². The van der Waals surface area contributed by atoms with E-state index in [1.54, 1.807) is 18.3 Å². The Morgan fingerprint density at radius 1 is 0.970 bits per heavy atom. The second kappa shape index (κ2) is 9.28. The topological polar surface area (TPSA) is 71.5 Å². The van der Waals surface area contributed by atoms with Crippen LogP contribution in [0.5, 0.6) is 5.75 Å². The predicted octanol–water partition coefficient (Wildman–Crippen LogP) is 4.88. The van der Waals surface area contributed by atoms with Crippen molar-refractivity contribution in [2.45, 2.75) is 40.3 Å². The van der Waals surface area contributed by atoms with Gasteiger partial charge >= 0.3 is 0 Å². The minimum absolute atomic E-state index is 0.0665. The number of benzene rings is 2. The highest BCUT2D eigenvalue weighted by atomic mass is 16.5. The van der Waals surface area contributed by atoms with Gasteiger partial charge in [0.25, 0.3) is 11.8 Å². The van der Waals surface area contributed by atoms with Crippen LogP contribution in [0.15, 0.2) is 72.6 Å². The summed E-state index contributed by atoms with van der Waals surface area (Å²) in [4.78, 5) is 32.5. The number of nitrogens with one attached hydrogen (secondary N) is 1. The number of anilines is 1. The van der Waals surface area contributed by atoms with Crippen molar-refractivity contribution >= 4 is 23.1 Å². The minimum atomic E-state index is -0.372. The molecule has 2 aromatic carbocycles. The Morgan fingerprint density at radius 3 is 2.36 bits per heavy atom. The Labute approximate surface area is 193 Å². The number of carbonyl (C=O) groups excluding carboxylic acids is 2. The molecule has 1 aromatic heterocycles. The minimum Gasteiger partial charge on any atom is -0.491 e. The summed E-state index contributed by atoms with van der Waals surface area (Å²) in [5, 5.41) is 3.20. The number of hydrogen-bond donors (Lipinski definition) is 1. The van der Waals surface area contributed by atoms with E-state index in [0.717, 1.165) is 22.4 Å². The zero-order valence-corrected chi connectivity index (χ0v) is 19.3. The number of aryl methyl sites for hydroxylation is 2. The van der Waals surface area contributed by atoms with Crippen molar-refractivity contribution in [3.63, 3.8) is 0 Å². The lowest BCUT2D eigenvalue weighted by Gasteiger charge is -2.15. The number of nitrogens with zero attached hydrogens (tertiary/aromatic N) is 2. The molecule has 0 saturated carbocycles. The van der Waals surface area contributed by atoms with Crippen LogP contribution < -0.4 is 10.1 Å². The molecule has 6 nitrogen and oxygen atoms in total. The summed E-state index contributed by atoms with van der Waals surface area (Å²) in [6.45, 7) is 7.99. The fourth-order valence-electron chi connectivity index (χ4n) is 3.87. The first-order chi connectivity index (χ1) is 15.8. The van der Waals surface area contributed by atoms with E-state index in [1.165, 1.54) is 4.90 Å². The number of ether oxygens (including phenoxy) is 1. The van der Waals surface area contributed by atoms with Crippen LogP contribution in [0.25, 0.3) is 5.57 Å². The van der Waals surface area contributed by atoms with E-state index in [-0.39, 0.29) is 30.2 Å². The molecule has 0 bridgehead atoms. The van der Waals surface area contributed by atoms with Crippen molar-refractivity contribution in [3.05, 3.63) is 94.9 Å². The highest BCUT2D eigenvalue weighted by Crippen LogP contribution is 2.33. The van der Waals surface area contributed by atoms with Crippen molar-refractivity contribution < 1.29 is 14.3 Å². The Morgan fingerprint density at radius 2 is 1.73 bits per heavy atom. The number of aromatic nitrogens is 1. The van der Waals surface area contributed by atoms with E-state index in [0.29, 0.717) is 17.0 Å². The normalized spacial score (nSPS) is 13.8. The first-order valence-electron chi connectivity index (χ1n) is 10.9. The average molecular weight is 442 g/mol. The van der Waals surface area contributed by atoms with Crippen LogP contribution in [0, 0.1) is 13.8 Å². The number of carbonyl (C=O) groups is 2. The molecule has 0 aliphatic carbocycles. The van der Waals surface area contributed by atoms with Crippen LogP contribution in [-0.4, -0.2) is 27.8 Å². The SMILES string of the molecule is Cc1ccc(C2=C(Nc3ccc(OC(C)C)cc3)C(=O)N(Cc3ccccn3)C2=O)c(C)c1. The summed E-state index contributed by atoms with van der Waals surface area (Å²) in [6, 6.07) is 18.7. The maximum Gasteiger partial charge on any atom is 0.278 e. The molecule has 2 amide bonds. The number of pyridine rings is 1. The third-order valence-corrected chi connectivity index (χ3v) is 5.36. The Kier molecular flexibility index (Phi) is 6.27. The molecule has 1 N–H and O–H groups in total. The molecular formula is C27H27N3O3. The molecule has 4 rings (SSSR count). The molecule has 0 atom stereocenters. The number of imide groups is 1. The number of rotatable bonds is 7. The maximum absolute atomic E-state index is 13.5. The van der Waals surface area contributed by atoms with Gasteiger partial charge in [0.15, 0.2) is 0 Å². The molecule has 6 heteroatoms. The fourth-order valence-corrected chi connectivity index (χ4v) is 3.87. The summed E-state index contributed by atoms with van der Waals surface area (Å²) in [6.07, 6.45) is 1.72. The van der Waals surface area contributed by atoms with Gasteiger partial charge in [-0.15, -0.1) is 0 Å². The molecule has 0 spiro atoms. The first kappa shape index (κ1) is 22.3. The number of hydrogen-bond acceptors (Lipinski definition) is 5. The molecule has 0 fully saturated rings. The summed E-state index contributed by atoms with van der Waals surface area (Å²) in [5.41, 5.74) is 4.75. The predicted molar refractivity (Wildman–Crippen MR) is 128 cm³/mol. The molecule has 1 aliphatic rings. The second-order valence-corrected chi connectivity index (χ2v) is 8.40. The molecule has 1 aliphatic heterocycles. The van der Waals surface area contributed by atoms with Crippen LogP contribution in [0.3, 0.4) is 0 Å². The molecule has 168 valence electrons. The Bertz CT molecular complexity index is 1220. The molecule has 0 radical (unpaired) electrons. The molecule has 2 heterocycles. The van der Waals surface area contributed by atoms with E-state index in [2.05, 4.69) is 10.3 Å². The van der Waals surface area contributed by atoms with Crippen LogP contribution in [0.4, 0.5) is 5.69 Å². The number of amides is 2. The fraction of sp³-hybridized carbons (Fsp3) is 0.222. The van der Waals surface area contributed by atoms with Gasteiger partial charge in [-0.1, -0.05) is 29.8 Å². The van der Waals surface area contributed by atoms with Crippen molar-refractivity contribution in [3.8, 4) is 5.75 Å². The lowest BCUT2D eigenvalue weighted by molar-refractivity contribution is -0.137. The Balaban J connectivity index is 1.72. The molecule has 3 aromatic rings. The molecule has 0 unspecified atom stereocenters. The summed E-state index contributed by atoms with van der Waals surface area (Å²) in [5.74, 6) is 0.0349. The average Bonchev–Trinajstić information content (AvgIpc) is 3.00. The molecule has 33 heavy (non-hydrogen) atoms. The van der Waals surface area contributed by atoms with E-state index in [9.17, 15) is 9.59 Å². The first-order valence-corrected chi connectivity index (χ1v) is 10.9. The van der Waals surface area contributed by atoms with Crippen molar-refractivity contribution in [1.82, 2.24) is 9.88 Å². The summed E-state index contributed by atoms with van der Waals surface area (Å²) in [7, 11) is 0. The lowest BCUT2D eigenvalue weighted by atomic mass is 9.97. The van der Waals surface area contributed by atoms with E-state index >= 15 is 0 Å². The smallest absolute Gasteiger partial charge is 0.278 e. The standard InChI is InChI=1S/C27H27N3O3/c1-17(2)33-22-11-9-20(10-12-22)29-25-24(23-13-8-18(3)15-19(23)4)26(31)30(27(25)32)16-21-7-5-6-14-28-21/h5-15,17,29H,16H2,1-4H3. The van der Waals surface area contributed by atoms with Gasteiger partial charge in [-0.05, 0) is 75.2 Å². The van der Waals surface area contributed by atoms with Crippen LogP contribution in [0.1, 0.15) is 36.2 Å². The molecular weight excluding hydrogens is 414 g/mol. The second-order valence-electron chi connectivity index (χ2n) is 8.40. The van der Waals surface area contributed by atoms with Crippen molar-refractivity contribution in [2.75, 3.05) is 5.32 Å². The van der Waals surface area contributed by atoms with Crippen LogP contribution in [-0.2, 0) is 16.1 Å². The van der Waals surface area contributed by atoms with Gasteiger partial charge in [-0.3, -0.25) is 19.5 Å². The van der Waals surface area contributed by atoms with Crippen LogP contribution in [0.2, 0.25) is 0 Å². The lowest BCUT2D eigenvalue weighted by Crippen LogP contribution is -2.32. The summed E-state index contributed by atoms with van der Waals surface area (Å²) < 4.78 is 5.70. The Hall–Kier alpha value is -3.93. The largest absolute Gasteiger partial charge is 0.491 e. The van der Waals surface area contributed by atoms with Gasteiger partial charge in [0, 0.05) is 11.9 Å². The zero-order valence-electron chi connectivity index (χ0n) is 19.3. The quantitative estimate of drug-likeness (QED) is 0.529.